The van der Waals surface area contributed by atoms with Gasteiger partial charge in [0.1, 0.15) is 17.5 Å². The molecule has 13 heavy (non-hydrogen) atoms. The molecule has 0 atom stereocenters. The summed E-state index contributed by atoms with van der Waals surface area (Å²) in [6.07, 6.45) is 0. The van der Waals surface area contributed by atoms with Crippen molar-refractivity contribution in [1.29, 1.82) is 0 Å². The van der Waals surface area contributed by atoms with Crippen LogP contribution in [0.2, 0.25) is 0 Å². The molecular formula is C8H15N5. The third-order valence-electron chi connectivity index (χ3n) is 1.56. The van der Waals surface area contributed by atoms with Crippen molar-refractivity contribution in [1.82, 2.24) is 9.97 Å². The average molecular weight is 181 g/mol. The Morgan fingerprint density at radius 1 is 1.31 bits per heavy atom. The molecule has 0 unspecified atom stereocenters. The standard InChI is InChI=1S/C8H15N5/c1-8(2,3)7-11-5(9)4-6(12-7)13-10/h4H,10H2,1-3H3,(H3,9,11,12,13). The molecule has 0 saturated carbocycles. The molecule has 0 aliphatic rings. The van der Waals surface area contributed by atoms with Gasteiger partial charge in [-0.3, -0.25) is 0 Å². The van der Waals surface area contributed by atoms with Gasteiger partial charge in [-0.2, -0.15) is 0 Å². The summed E-state index contributed by atoms with van der Waals surface area (Å²) >= 11 is 0. The molecule has 0 aliphatic carbocycles. The van der Waals surface area contributed by atoms with Gasteiger partial charge in [0, 0.05) is 11.5 Å². The summed E-state index contributed by atoms with van der Waals surface area (Å²) in [6.45, 7) is 6.05. The Kier molecular flexibility index (Phi) is 2.38. The molecule has 0 radical (unpaired) electrons. The second-order valence-electron chi connectivity index (χ2n) is 3.90. The van der Waals surface area contributed by atoms with Gasteiger partial charge in [-0.15, -0.1) is 0 Å². The first-order valence-electron chi connectivity index (χ1n) is 4.05. The van der Waals surface area contributed by atoms with E-state index in [2.05, 4.69) is 15.4 Å². The van der Waals surface area contributed by atoms with Crippen molar-refractivity contribution in [2.45, 2.75) is 26.2 Å². The molecule has 0 amide bonds. The Hall–Kier alpha value is -1.36. The van der Waals surface area contributed by atoms with Gasteiger partial charge >= 0.3 is 0 Å². The molecule has 1 rings (SSSR count). The van der Waals surface area contributed by atoms with Crippen molar-refractivity contribution < 1.29 is 0 Å². The molecule has 5 heteroatoms. The highest BCUT2D eigenvalue weighted by molar-refractivity contribution is 5.44. The maximum atomic E-state index is 5.58. The molecule has 5 nitrogen and oxygen atoms in total. The second kappa shape index (κ2) is 3.18. The summed E-state index contributed by atoms with van der Waals surface area (Å²) in [5, 5.41) is 0. The van der Waals surface area contributed by atoms with Crippen molar-refractivity contribution in [3.8, 4) is 0 Å². The van der Waals surface area contributed by atoms with E-state index in [1.165, 1.54) is 0 Å². The first-order valence-corrected chi connectivity index (χ1v) is 4.05. The van der Waals surface area contributed by atoms with Crippen LogP contribution in [0.5, 0.6) is 0 Å². The van der Waals surface area contributed by atoms with Crippen LogP contribution >= 0.6 is 0 Å². The Labute approximate surface area is 77.5 Å². The van der Waals surface area contributed by atoms with Crippen LogP contribution in [-0.2, 0) is 5.41 Å². The zero-order chi connectivity index (χ0) is 10.1. The summed E-state index contributed by atoms with van der Waals surface area (Å²) in [6, 6.07) is 1.59. The lowest BCUT2D eigenvalue weighted by Gasteiger charge is -2.17. The van der Waals surface area contributed by atoms with E-state index in [4.69, 9.17) is 11.6 Å². The Bertz CT molecular complexity index is 302. The van der Waals surface area contributed by atoms with E-state index in [1.54, 1.807) is 6.07 Å². The molecular weight excluding hydrogens is 166 g/mol. The highest BCUT2D eigenvalue weighted by atomic mass is 15.3. The summed E-state index contributed by atoms with van der Waals surface area (Å²) in [7, 11) is 0. The number of nitrogen functional groups attached to an aromatic ring is 2. The van der Waals surface area contributed by atoms with E-state index in [1.807, 2.05) is 20.8 Å². The van der Waals surface area contributed by atoms with Gasteiger partial charge < -0.3 is 11.2 Å². The number of hydrogen-bond acceptors (Lipinski definition) is 5. The molecule has 0 bridgehead atoms. The summed E-state index contributed by atoms with van der Waals surface area (Å²) in [5.74, 6) is 6.88. The third kappa shape index (κ3) is 2.29. The van der Waals surface area contributed by atoms with E-state index in [0.29, 0.717) is 17.5 Å². The topological polar surface area (TPSA) is 89.8 Å². The number of anilines is 2. The summed E-state index contributed by atoms with van der Waals surface area (Å²) < 4.78 is 0. The maximum Gasteiger partial charge on any atom is 0.145 e. The molecule has 0 aromatic carbocycles. The van der Waals surface area contributed by atoms with E-state index >= 15 is 0 Å². The minimum Gasteiger partial charge on any atom is -0.384 e. The Balaban J connectivity index is 3.16. The number of hydrazine groups is 1. The van der Waals surface area contributed by atoms with Gasteiger partial charge in [0.15, 0.2) is 0 Å². The number of hydrogen-bond donors (Lipinski definition) is 3. The molecule has 1 heterocycles. The van der Waals surface area contributed by atoms with Gasteiger partial charge in [-0.1, -0.05) is 20.8 Å². The lowest BCUT2D eigenvalue weighted by Crippen LogP contribution is -2.19. The quantitative estimate of drug-likeness (QED) is 0.437. The first-order chi connectivity index (χ1) is 5.93. The molecule has 0 fully saturated rings. The smallest absolute Gasteiger partial charge is 0.145 e. The molecule has 0 aliphatic heterocycles. The van der Waals surface area contributed by atoms with E-state index < -0.39 is 0 Å². The highest BCUT2D eigenvalue weighted by Gasteiger charge is 2.18. The van der Waals surface area contributed by atoms with Gasteiger partial charge in [0.05, 0.1) is 0 Å². The van der Waals surface area contributed by atoms with E-state index in [0.717, 1.165) is 0 Å². The van der Waals surface area contributed by atoms with Crippen molar-refractivity contribution >= 4 is 11.6 Å². The number of rotatable bonds is 1. The molecule has 5 N–H and O–H groups in total. The van der Waals surface area contributed by atoms with Crippen LogP contribution in [0.1, 0.15) is 26.6 Å². The third-order valence-corrected chi connectivity index (χ3v) is 1.56. The van der Waals surface area contributed by atoms with Crippen LogP contribution in [0.25, 0.3) is 0 Å². The van der Waals surface area contributed by atoms with Crippen LogP contribution in [0, 0.1) is 0 Å². The predicted molar refractivity (Wildman–Crippen MR) is 53.0 cm³/mol. The van der Waals surface area contributed by atoms with Crippen LogP contribution in [0.3, 0.4) is 0 Å². The van der Waals surface area contributed by atoms with Crippen LogP contribution in [0.4, 0.5) is 11.6 Å². The predicted octanol–water partition coefficient (Wildman–Crippen LogP) is 0.642. The van der Waals surface area contributed by atoms with E-state index in [-0.39, 0.29) is 5.41 Å². The number of nitrogens with two attached hydrogens (primary N) is 2. The van der Waals surface area contributed by atoms with E-state index in [9.17, 15) is 0 Å². The Morgan fingerprint density at radius 3 is 2.38 bits per heavy atom. The van der Waals surface area contributed by atoms with Gasteiger partial charge in [-0.05, 0) is 0 Å². The number of aromatic nitrogens is 2. The minimum absolute atomic E-state index is 0.124. The normalized spacial score (nSPS) is 11.4. The second-order valence-corrected chi connectivity index (χ2v) is 3.90. The number of nitrogens with zero attached hydrogens (tertiary/aromatic N) is 2. The van der Waals surface area contributed by atoms with Gasteiger partial charge in [0.25, 0.3) is 0 Å². The monoisotopic (exact) mass is 181 g/mol. The fourth-order valence-electron chi connectivity index (χ4n) is 0.875. The van der Waals surface area contributed by atoms with Crippen molar-refractivity contribution in [2.75, 3.05) is 11.2 Å². The van der Waals surface area contributed by atoms with Crippen LogP contribution < -0.4 is 17.0 Å². The first kappa shape index (κ1) is 9.73. The average Bonchev–Trinajstić information content (AvgIpc) is 2.01. The van der Waals surface area contributed by atoms with Crippen LogP contribution in [0.15, 0.2) is 6.07 Å². The largest absolute Gasteiger partial charge is 0.384 e. The summed E-state index contributed by atoms with van der Waals surface area (Å²) in [5.41, 5.74) is 7.91. The lowest BCUT2D eigenvalue weighted by atomic mass is 9.96. The molecule has 0 spiro atoms. The van der Waals surface area contributed by atoms with Gasteiger partial charge in [-0.25, -0.2) is 15.8 Å². The SMILES string of the molecule is CC(C)(C)c1nc(N)cc(NN)n1. The Morgan fingerprint density at radius 2 is 1.92 bits per heavy atom. The van der Waals surface area contributed by atoms with Crippen molar-refractivity contribution in [3.05, 3.63) is 11.9 Å². The molecule has 0 saturated heterocycles. The lowest BCUT2D eigenvalue weighted by molar-refractivity contribution is 0.547. The molecule has 72 valence electrons. The maximum absolute atomic E-state index is 5.58. The molecule has 1 aromatic rings. The highest BCUT2D eigenvalue weighted by Crippen LogP contribution is 2.20. The van der Waals surface area contributed by atoms with Crippen molar-refractivity contribution in [2.24, 2.45) is 5.84 Å². The zero-order valence-electron chi connectivity index (χ0n) is 8.13. The minimum atomic E-state index is -0.124. The van der Waals surface area contributed by atoms with Crippen molar-refractivity contribution in [3.63, 3.8) is 0 Å². The molecule has 1 aromatic heterocycles. The number of nitrogens with one attached hydrogen (secondary N) is 1. The fourth-order valence-corrected chi connectivity index (χ4v) is 0.875. The fraction of sp³-hybridized carbons (Fsp3) is 0.500. The summed E-state index contributed by atoms with van der Waals surface area (Å²) in [4.78, 5) is 8.32. The van der Waals surface area contributed by atoms with Crippen LogP contribution in [-0.4, -0.2) is 9.97 Å². The zero-order valence-corrected chi connectivity index (χ0v) is 8.13. The van der Waals surface area contributed by atoms with Gasteiger partial charge in [0.2, 0.25) is 0 Å².